The molecule has 0 atom stereocenters. The van der Waals surface area contributed by atoms with Crippen LogP contribution >= 0.6 is 0 Å². The lowest BCUT2D eigenvalue weighted by molar-refractivity contribution is 0.438. The number of para-hydroxylation sites is 1. The molecule has 0 radical (unpaired) electrons. The van der Waals surface area contributed by atoms with E-state index in [2.05, 4.69) is 36.8 Å². The maximum atomic E-state index is 5.76. The van der Waals surface area contributed by atoms with Crippen molar-refractivity contribution >= 4 is 5.82 Å². The number of nitrogen functional groups attached to an aromatic ring is 1. The summed E-state index contributed by atoms with van der Waals surface area (Å²) in [7, 11) is 0. The van der Waals surface area contributed by atoms with Gasteiger partial charge in [-0.1, -0.05) is 39.0 Å². The average molecular weight is 243 g/mol. The van der Waals surface area contributed by atoms with Crippen LogP contribution in [-0.4, -0.2) is 9.97 Å². The highest BCUT2D eigenvalue weighted by molar-refractivity contribution is 5.40. The summed E-state index contributed by atoms with van der Waals surface area (Å²) in [5, 5.41) is 0. The Morgan fingerprint density at radius 1 is 1.06 bits per heavy atom. The van der Waals surface area contributed by atoms with E-state index in [1.54, 1.807) is 0 Å². The van der Waals surface area contributed by atoms with Crippen LogP contribution in [0, 0.1) is 0 Å². The van der Waals surface area contributed by atoms with E-state index in [4.69, 9.17) is 10.5 Å². The number of hydrogen-bond acceptors (Lipinski definition) is 4. The Labute approximate surface area is 107 Å². The molecule has 1 aromatic carbocycles. The van der Waals surface area contributed by atoms with Gasteiger partial charge in [0, 0.05) is 5.56 Å². The summed E-state index contributed by atoms with van der Waals surface area (Å²) in [4.78, 5) is 8.04. The van der Waals surface area contributed by atoms with E-state index in [-0.39, 0.29) is 5.41 Å². The van der Waals surface area contributed by atoms with Crippen molar-refractivity contribution in [3.63, 3.8) is 0 Å². The van der Waals surface area contributed by atoms with E-state index >= 15 is 0 Å². The summed E-state index contributed by atoms with van der Waals surface area (Å²) in [6.07, 6.45) is 3.00. The van der Waals surface area contributed by atoms with Crippen molar-refractivity contribution in [3.05, 3.63) is 42.2 Å². The summed E-state index contributed by atoms with van der Waals surface area (Å²) in [6, 6.07) is 7.93. The third-order valence-electron chi connectivity index (χ3n) is 2.56. The van der Waals surface area contributed by atoms with Crippen molar-refractivity contribution < 1.29 is 4.74 Å². The topological polar surface area (TPSA) is 61.0 Å². The fraction of sp³-hybridized carbons (Fsp3) is 0.286. The van der Waals surface area contributed by atoms with Crippen LogP contribution in [0.5, 0.6) is 11.6 Å². The first kappa shape index (κ1) is 12.4. The fourth-order valence-electron chi connectivity index (χ4n) is 1.67. The number of ether oxygens (including phenoxy) is 1. The summed E-state index contributed by atoms with van der Waals surface area (Å²) >= 11 is 0. The van der Waals surface area contributed by atoms with E-state index in [0.717, 1.165) is 11.3 Å². The Hall–Kier alpha value is -2.10. The SMILES string of the molecule is CC(C)(C)c1ccccc1Oc1cnc(N)cn1. The van der Waals surface area contributed by atoms with Gasteiger partial charge in [-0.15, -0.1) is 0 Å². The van der Waals surface area contributed by atoms with Gasteiger partial charge >= 0.3 is 0 Å². The van der Waals surface area contributed by atoms with Gasteiger partial charge < -0.3 is 10.5 Å². The van der Waals surface area contributed by atoms with Crippen LogP contribution in [-0.2, 0) is 5.41 Å². The quantitative estimate of drug-likeness (QED) is 0.880. The molecule has 0 saturated heterocycles. The second kappa shape index (κ2) is 4.64. The molecule has 0 aliphatic carbocycles. The molecule has 0 aliphatic heterocycles. The standard InChI is InChI=1S/C14H17N3O/c1-14(2,3)10-6-4-5-7-11(10)18-13-9-16-12(15)8-17-13/h4-9H,1-3H3,(H2,15,16). The van der Waals surface area contributed by atoms with Gasteiger partial charge in [0.25, 0.3) is 0 Å². The highest BCUT2D eigenvalue weighted by Gasteiger charge is 2.18. The molecule has 0 fully saturated rings. The predicted octanol–water partition coefficient (Wildman–Crippen LogP) is 3.15. The molecule has 94 valence electrons. The minimum atomic E-state index is 0.0117. The number of nitrogens with zero attached hydrogens (tertiary/aromatic N) is 2. The monoisotopic (exact) mass is 243 g/mol. The van der Waals surface area contributed by atoms with Crippen LogP contribution in [0.3, 0.4) is 0 Å². The van der Waals surface area contributed by atoms with Gasteiger partial charge in [0.05, 0.1) is 12.4 Å². The van der Waals surface area contributed by atoms with Crippen LogP contribution < -0.4 is 10.5 Å². The molecule has 2 N–H and O–H groups in total. The summed E-state index contributed by atoms with van der Waals surface area (Å²) in [5.74, 6) is 1.62. The Bertz CT molecular complexity index is 529. The number of nitrogens with two attached hydrogens (primary N) is 1. The Kier molecular flexibility index (Phi) is 3.19. The highest BCUT2D eigenvalue weighted by Crippen LogP contribution is 2.33. The summed E-state index contributed by atoms with van der Waals surface area (Å²) in [6.45, 7) is 6.43. The van der Waals surface area contributed by atoms with E-state index in [1.165, 1.54) is 12.4 Å². The van der Waals surface area contributed by atoms with Gasteiger partial charge in [-0.2, -0.15) is 0 Å². The highest BCUT2D eigenvalue weighted by atomic mass is 16.5. The lowest BCUT2D eigenvalue weighted by Crippen LogP contribution is -2.12. The minimum Gasteiger partial charge on any atom is -0.437 e. The molecule has 1 aromatic heterocycles. The molecular formula is C14H17N3O. The zero-order valence-electron chi connectivity index (χ0n) is 10.8. The summed E-state index contributed by atoms with van der Waals surface area (Å²) in [5.41, 5.74) is 6.63. The van der Waals surface area contributed by atoms with E-state index in [0.29, 0.717) is 11.7 Å². The average Bonchev–Trinajstić information content (AvgIpc) is 2.31. The molecule has 0 aliphatic rings. The molecule has 4 heteroatoms. The van der Waals surface area contributed by atoms with Crippen molar-refractivity contribution in [2.45, 2.75) is 26.2 Å². The zero-order chi connectivity index (χ0) is 13.2. The van der Waals surface area contributed by atoms with Crippen LogP contribution in [0.25, 0.3) is 0 Å². The first-order chi connectivity index (χ1) is 8.47. The van der Waals surface area contributed by atoms with Gasteiger partial charge in [-0.25, -0.2) is 9.97 Å². The van der Waals surface area contributed by atoms with Gasteiger partial charge in [0.15, 0.2) is 0 Å². The molecule has 0 bridgehead atoms. The first-order valence-corrected chi connectivity index (χ1v) is 5.82. The lowest BCUT2D eigenvalue weighted by atomic mass is 9.86. The van der Waals surface area contributed by atoms with Crippen LogP contribution in [0.1, 0.15) is 26.3 Å². The van der Waals surface area contributed by atoms with E-state index in [9.17, 15) is 0 Å². The molecule has 0 unspecified atom stereocenters. The Morgan fingerprint density at radius 3 is 2.39 bits per heavy atom. The predicted molar refractivity (Wildman–Crippen MR) is 71.7 cm³/mol. The molecule has 1 heterocycles. The molecule has 0 spiro atoms. The zero-order valence-corrected chi connectivity index (χ0v) is 10.8. The molecule has 4 nitrogen and oxygen atoms in total. The third-order valence-corrected chi connectivity index (χ3v) is 2.56. The maximum Gasteiger partial charge on any atom is 0.237 e. The molecule has 2 aromatic rings. The smallest absolute Gasteiger partial charge is 0.237 e. The van der Waals surface area contributed by atoms with Crippen molar-refractivity contribution in [1.82, 2.24) is 9.97 Å². The lowest BCUT2D eigenvalue weighted by Gasteiger charge is -2.22. The number of hydrogen-bond donors (Lipinski definition) is 1. The van der Waals surface area contributed by atoms with Crippen molar-refractivity contribution in [3.8, 4) is 11.6 Å². The number of aromatic nitrogens is 2. The van der Waals surface area contributed by atoms with Crippen LogP contribution in [0.2, 0.25) is 0 Å². The second-order valence-electron chi connectivity index (χ2n) is 5.13. The Balaban J connectivity index is 2.32. The largest absolute Gasteiger partial charge is 0.437 e. The second-order valence-corrected chi connectivity index (χ2v) is 5.13. The minimum absolute atomic E-state index is 0.0117. The van der Waals surface area contributed by atoms with E-state index in [1.807, 2.05) is 18.2 Å². The third kappa shape index (κ3) is 2.77. The summed E-state index contributed by atoms with van der Waals surface area (Å²) < 4.78 is 5.76. The van der Waals surface area contributed by atoms with Crippen molar-refractivity contribution in [2.24, 2.45) is 0 Å². The number of rotatable bonds is 2. The Morgan fingerprint density at radius 2 is 1.78 bits per heavy atom. The molecule has 0 amide bonds. The molecule has 18 heavy (non-hydrogen) atoms. The van der Waals surface area contributed by atoms with Gasteiger partial charge in [-0.3, -0.25) is 0 Å². The maximum absolute atomic E-state index is 5.76. The van der Waals surface area contributed by atoms with E-state index < -0.39 is 0 Å². The molecule has 0 saturated carbocycles. The van der Waals surface area contributed by atoms with Gasteiger partial charge in [0.2, 0.25) is 5.88 Å². The van der Waals surface area contributed by atoms with Gasteiger partial charge in [-0.05, 0) is 11.5 Å². The normalized spacial score (nSPS) is 11.3. The van der Waals surface area contributed by atoms with Crippen molar-refractivity contribution in [1.29, 1.82) is 0 Å². The number of anilines is 1. The van der Waals surface area contributed by atoms with Crippen LogP contribution in [0.15, 0.2) is 36.7 Å². The van der Waals surface area contributed by atoms with Crippen LogP contribution in [0.4, 0.5) is 5.82 Å². The van der Waals surface area contributed by atoms with Gasteiger partial charge in [0.1, 0.15) is 11.6 Å². The first-order valence-electron chi connectivity index (χ1n) is 5.82. The molecular weight excluding hydrogens is 226 g/mol. The fourth-order valence-corrected chi connectivity index (χ4v) is 1.67. The number of benzene rings is 1. The molecule has 2 rings (SSSR count). The van der Waals surface area contributed by atoms with Crippen molar-refractivity contribution in [2.75, 3.05) is 5.73 Å².